The maximum Gasteiger partial charge on any atom is 0.128 e. The summed E-state index contributed by atoms with van der Waals surface area (Å²) < 4.78 is 19.7. The second-order valence-corrected chi connectivity index (χ2v) is 5.52. The van der Waals surface area contributed by atoms with E-state index >= 15 is 0 Å². The molecule has 4 heteroatoms. The number of hydrogen-bond donors (Lipinski definition) is 1. The third-order valence-corrected chi connectivity index (χ3v) is 3.03. The topological polar surface area (TPSA) is 21.3 Å². The van der Waals surface area contributed by atoms with Crippen molar-refractivity contribution in [1.29, 1.82) is 0 Å². The summed E-state index contributed by atoms with van der Waals surface area (Å²) in [6.45, 7) is 6.28. The molecule has 0 amide bonds. The van der Waals surface area contributed by atoms with Crippen LogP contribution < -0.4 is 5.32 Å². The van der Waals surface area contributed by atoms with Gasteiger partial charge in [-0.15, -0.1) is 0 Å². The van der Waals surface area contributed by atoms with Gasteiger partial charge in [-0.3, -0.25) is 0 Å². The number of rotatable bonds is 8. The van der Waals surface area contributed by atoms with Gasteiger partial charge in [0.1, 0.15) is 5.82 Å². The van der Waals surface area contributed by atoms with Gasteiger partial charge in [0, 0.05) is 22.7 Å². The van der Waals surface area contributed by atoms with Crippen molar-refractivity contribution in [2.75, 3.05) is 13.2 Å². The van der Waals surface area contributed by atoms with Crippen LogP contribution in [0.4, 0.5) is 4.39 Å². The van der Waals surface area contributed by atoms with Gasteiger partial charge >= 0.3 is 0 Å². The zero-order chi connectivity index (χ0) is 13.4. The maximum absolute atomic E-state index is 13.4. The standard InChI is InChI=1S/C14H21BrFNO/c1-11(2)17-7-3-4-8-18-10-12-9-13(15)5-6-14(12)16/h5-6,9,11,17H,3-4,7-8,10H2,1-2H3. The number of nitrogens with one attached hydrogen (secondary N) is 1. The summed E-state index contributed by atoms with van der Waals surface area (Å²) in [5.41, 5.74) is 0.602. The molecule has 1 aromatic carbocycles. The minimum Gasteiger partial charge on any atom is -0.377 e. The van der Waals surface area contributed by atoms with Gasteiger partial charge in [0.15, 0.2) is 0 Å². The van der Waals surface area contributed by atoms with Gasteiger partial charge in [-0.1, -0.05) is 29.8 Å². The fourth-order valence-corrected chi connectivity index (χ4v) is 1.96. The van der Waals surface area contributed by atoms with Crippen LogP contribution in [0.15, 0.2) is 22.7 Å². The molecule has 0 atom stereocenters. The first kappa shape index (κ1) is 15.6. The predicted molar refractivity (Wildman–Crippen MR) is 76.1 cm³/mol. The summed E-state index contributed by atoms with van der Waals surface area (Å²) in [5, 5.41) is 3.35. The quantitative estimate of drug-likeness (QED) is 0.735. The van der Waals surface area contributed by atoms with Crippen molar-refractivity contribution >= 4 is 15.9 Å². The van der Waals surface area contributed by atoms with E-state index in [1.807, 2.05) is 0 Å². The number of benzene rings is 1. The van der Waals surface area contributed by atoms with E-state index in [0.29, 0.717) is 24.8 Å². The van der Waals surface area contributed by atoms with E-state index in [1.54, 1.807) is 12.1 Å². The molecule has 2 nitrogen and oxygen atoms in total. The lowest BCUT2D eigenvalue weighted by atomic mass is 10.2. The van der Waals surface area contributed by atoms with Gasteiger partial charge in [-0.25, -0.2) is 4.39 Å². The Bertz CT molecular complexity index is 358. The first-order valence-electron chi connectivity index (χ1n) is 6.34. The number of halogens is 2. The van der Waals surface area contributed by atoms with Crippen LogP contribution in [0.25, 0.3) is 0 Å². The number of hydrogen-bond acceptors (Lipinski definition) is 2. The largest absolute Gasteiger partial charge is 0.377 e. The molecule has 0 aliphatic carbocycles. The van der Waals surface area contributed by atoms with Crippen LogP contribution in [-0.4, -0.2) is 19.2 Å². The zero-order valence-electron chi connectivity index (χ0n) is 11.0. The van der Waals surface area contributed by atoms with E-state index in [9.17, 15) is 4.39 Å². The van der Waals surface area contributed by atoms with Crippen molar-refractivity contribution in [1.82, 2.24) is 5.32 Å². The highest BCUT2D eigenvalue weighted by Crippen LogP contribution is 2.16. The van der Waals surface area contributed by atoms with Crippen LogP contribution in [0.2, 0.25) is 0 Å². The predicted octanol–water partition coefficient (Wildman–Crippen LogP) is 3.88. The molecule has 1 rings (SSSR count). The minimum atomic E-state index is -0.209. The monoisotopic (exact) mass is 317 g/mol. The smallest absolute Gasteiger partial charge is 0.128 e. The Morgan fingerprint density at radius 3 is 2.83 bits per heavy atom. The first-order valence-corrected chi connectivity index (χ1v) is 7.14. The van der Waals surface area contributed by atoms with Gasteiger partial charge in [0.2, 0.25) is 0 Å². The van der Waals surface area contributed by atoms with E-state index in [2.05, 4.69) is 35.1 Å². The van der Waals surface area contributed by atoms with Crippen molar-refractivity contribution in [2.45, 2.75) is 39.3 Å². The van der Waals surface area contributed by atoms with Gasteiger partial charge in [-0.05, 0) is 37.6 Å². The summed E-state index contributed by atoms with van der Waals surface area (Å²) in [5.74, 6) is -0.209. The lowest BCUT2D eigenvalue weighted by Crippen LogP contribution is -2.23. The number of ether oxygens (including phenoxy) is 1. The Labute approximate surface area is 117 Å². The summed E-state index contributed by atoms with van der Waals surface area (Å²) >= 11 is 3.32. The second-order valence-electron chi connectivity index (χ2n) is 4.60. The molecule has 0 aliphatic rings. The molecule has 0 saturated heterocycles. The van der Waals surface area contributed by atoms with E-state index in [-0.39, 0.29) is 5.82 Å². The molecular weight excluding hydrogens is 297 g/mol. The highest BCUT2D eigenvalue weighted by atomic mass is 79.9. The van der Waals surface area contributed by atoms with Crippen molar-refractivity contribution in [3.05, 3.63) is 34.1 Å². The lowest BCUT2D eigenvalue weighted by molar-refractivity contribution is 0.114. The molecule has 0 radical (unpaired) electrons. The SMILES string of the molecule is CC(C)NCCCCOCc1cc(Br)ccc1F. The third-order valence-electron chi connectivity index (χ3n) is 2.53. The minimum absolute atomic E-state index is 0.209. The third kappa shape index (κ3) is 6.47. The highest BCUT2D eigenvalue weighted by molar-refractivity contribution is 9.10. The molecule has 0 aliphatic heterocycles. The van der Waals surface area contributed by atoms with E-state index in [1.165, 1.54) is 6.07 Å². The van der Waals surface area contributed by atoms with Crippen LogP contribution in [0.5, 0.6) is 0 Å². The van der Waals surface area contributed by atoms with Crippen LogP contribution in [0, 0.1) is 5.82 Å². The zero-order valence-corrected chi connectivity index (χ0v) is 12.6. The Hall–Kier alpha value is -0.450. The normalized spacial score (nSPS) is 11.2. The van der Waals surface area contributed by atoms with E-state index < -0.39 is 0 Å². The van der Waals surface area contributed by atoms with Crippen molar-refractivity contribution in [2.24, 2.45) is 0 Å². The van der Waals surface area contributed by atoms with Gasteiger partial charge < -0.3 is 10.1 Å². The molecule has 0 saturated carbocycles. The molecule has 0 heterocycles. The molecule has 18 heavy (non-hydrogen) atoms. The van der Waals surface area contributed by atoms with Crippen molar-refractivity contribution in [3.8, 4) is 0 Å². The van der Waals surface area contributed by atoms with Gasteiger partial charge in [-0.2, -0.15) is 0 Å². The average Bonchev–Trinajstić information content (AvgIpc) is 2.32. The summed E-state index contributed by atoms with van der Waals surface area (Å²) in [7, 11) is 0. The molecule has 1 N–H and O–H groups in total. The Morgan fingerprint density at radius 1 is 1.33 bits per heavy atom. The summed E-state index contributed by atoms with van der Waals surface area (Å²) in [6.07, 6.45) is 2.08. The Morgan fingerprint density at radius 2 is 2.11 bits per heavy atom. The molecular formula is C14H21BrFNO. The second kappa shape index (κ2) is 8.62. The van der Waals surface area contributed by atoms with E-state index in [4.69, 9.17) is 4.74 Å². The van der Waals surface area contributed by atoms with E-state index in [0.717, 1.165) is 23.9 Å². The molecule has 0 bridgehead atoms. The molecule has 1 aromatic rings. The molecule has 0 aromatic heterocycles. The molecule has 102 valence electrons. The van der Waals surface area contributed by atoms with Crippen LogP contribution in [0.3, 0.4) is 0 Å². The Kier molecular flexibility index (Phi) is 7.47. The van der Waals surface area contributed by atoms with Crippen LogP contribution >= 0.6 is 15.9 Å². The molecule has 0 spiro atoms. The average molecular weight is 318 g/mol. The first-order chi connectivity index (χ1) is 8.59. The van der Waals surface area contributed by atoms with Crippen LogP contribution in [0.1, 0.15) is 32.3 Å². The maximum atomic E-state index is 13.4. The summed E-state index contributed by atoms with van der Waals surface area (Å²) in [6, 6.07) is 5.43. The highest BCUT2D eigenvalue weighted by Gasteiger charge is 2.02. The van der Waals surface area contributed by atoms with Gasteiger partial charge in [0.05, 0.1) is 6.61 Å². The summed E-state index contributed by atoms with van der Waals surface area (Å²) in [4.78, 5) is 0. The van der Waals surface area contributed by atoms with Gasteiger partial charge in [0.25, 0.3) is 0 Å². The fourth-order valence-electron chi connectivity index (χ4n) is 1.56. The van der Waals surface area contributed by atoms with Crippen LogP contribution in [-0.2, 0) is 11.3 Å². The molecule has 0 fully saturated rings. The Balaban J connectivity index is 2.12. The number of unbranched alkanes of at least 4 members (excludes halogenated alkanes) is 1. The van der Waals surface area contributed by atoms with Crippen molar-refractivity contribution < 1.29 is 9.13 Å². The fraction of sp³-hybridized carbons (Fsp3) is 0.571. The molecule has 0 unspecified atom stereocenters. The van der Waals surface area contributed by atoms with Crippen molar-refractivity contribution in [3.63, 3.8) is 0 Å². The lowest BCUT2D eigenvalue weighted by Gasteiger charge is -2.08.